The molecule has 1 heterocycles. The first-order valence-electron chi connectivity index (χ1n) is 7.66. The minimum absolute atomic E-state index is 0.720. The molecule has 1 aromatic carbocycles. The lowest BCUT2D eigenvalue weighted by Crippen LogP contribution is -2.36. The Hall–Kier alpha value is -1.92. The Bertz CT molecular complexity index is 503. The van der Waals surface area contributed by atoms with Crippen molar-refractivity contribution in [2.24, 2.45) is 5.92 Å². The van der Waals surface area contributed by atoms with Crippen LogP contribution in [0.2, 0.25) is 0 Å². The van der Waals surface area contributed by atoms with Gasteiger partial charge < -0.3 is 14.9 Å². The van der Waals surface area contributed by atoms with Crippen molar-refractivity contribution in [1.29, 1.82) is 0 Å². The number of rotatable bonds is 4. The van der Waals surface area contributed by atoms with Gasteiger partial charge in [0.1, 0.15) is 0 Å². The number of piperidine rings is 1. The number of nitrogens with zero attached hydrogens (tertiary/aromatic N) is 1. The van der Waals surface area contributed by atoms with Crippen molar-refractivity contribution in [1.82, 2.24) is 4.90 Å². The van der Waals surface area contributed by atoms with Crippen LogP contribution in [0.3, 0.4) is 0 Å². The molecule has 0 amide bonds. The van der Waals surface area contributed by atoms with Gasteiger partial charge in [-0.15, -0.1) is 0 Å². The van der Waals surface area contributed by atoms with Gasteiger partial charge >= 0.3 is 11.9 Å². The van der Waals surface area contributed by atoms with E-state index >= 15 is 0 Å². The molecule has 1 aliphatic heterocycles. The van der Waals surface area contributed by atoms with E-state index in [1.165, 1.54) is 37.1 Å². The normalized spacial score (nSPS) is 17.9. The van der Waals surface area contributed by atoms with Crippen molar-refractivity contribution < 1.29 is 24.5 Å². The first-order valence-corrected chi connectivity index (χ1v) is 7.66. The van der Waals surface area contributed by atoms with Gasteiger partial charge in [-0.25, -0.2) is 9.59 Å². The van der Waals surface area contributed by atoms with E-state index in [9.17, 15) is 0 Å². The Balaban J connectivity index is 0.000000379. The second-order valence-electron chi connectivity index (χ2n) is 5.74. The van der Waals surface area contributed by atoms with Crippen LogP contribution in [0.25, 0.3) is 0 Å². The highest BCUT2D eigenvalue weighted by atomic mass is 16.5. The van der Waals surface area contributed by atoms with Gasteiger partial charge in [0.25, 0.3) is 0 Å². The van der Waals surface area contributed by atoms with Crippen molar-refractivity contribution in [3.63, 3.8) is 0 Å². The van der Waals surface area contributed by atoms with Gasteiger partial charge in [-0.05, 0) is 43.4 Å². The van der Waals surface area contributed by atoms with E-state index in [-0.39, 0.29) is 0 Å². The van der Waals surface area contributed by atoms with Crippen LogP contribution in [0, 0.1) is 12.8 Å². The molecule has 6 nitrogen and oxygen atoms in total. The molecule has 0 radical (unpaired) electrons. The quantitative estimate of drug-likeness (QED) is 0.824. The van der Waals surface area contributed by atoms with E-state index in [4.69, 9.17) is 24.5 Å². The highest BCUT2D eigenvalue weighted by Gasteiger charge is 2.19. The first-order chi connectivity index (χ1) is 10.9. The van der Waals surface area contributed by atoms with Gasteiger partial charge in [-0.3, -0.25) is 4.90 Å². The largest absolute Gasteiger partial charge is 0.473 e. The lowest BCUT2D eigenvalue weighted by Gasteiger charge is -2.32. The zero-order valence-corrected chi connectivity index (χ0v) is 13.7. The molecular formula is C17H25NO5. The lowest BCUT2D eigenvalue weighted by atomic mass is 9.98. The van der Waals surface area contributed by atoms with Gasteiger partial charge in [-0.1, -0.05) is 24.3 Å². The number of likely N-dealkylation sites (tertiary alicyclic amines) is 1. The van der Waals surface area contributed by atoms with Crippen molar-refractivity contribution in [2.75, 3.05) is 26.8 Å². The SMILES string of the molecule is COCC1CCCN(Cc2ccccc2C)C1.O=C(O)C(=O)O. The number of carboxylic acids is 2. The van der Waals surface area contributed by atoms with E-state index < -0.39 is 11.9 Å². The predicted octanol–water partition coefficient (Wildman–Crippen LogP) is 2.01. The summed E-state index contributed by atoms with van der Waals surface area (Å²) in [5.74, 6) is -2.93. The van der Waals surface area contributed by atoms with Crippen molar-refractivity contribution >= 4 is 11.9 Å². The summed E-state index contributed by atoms with van der Waals surface area (Å²) in [7, 11) is 1.81. The second-order valence-corrected chi connectivity index (χ2v) is 5.74. The summed E-state index contributed by atoms with van der Waals surface area (Å²) < 4.78 is 5.28. The summed E-state index contributed by atoms with van der Waals surface area (Å²) in [5, 5.41) is 14.8. The summed E-state index contributed by atoms with van der Waals surface area (Å²) in [4.78, 5) is 20.8. The molecular weight excluding hydrogens is 298 g/mol. The summed E-state index contributed by atoms with van der Waals surface area (Å²) >= 11 is 0. The number of carboxylic acid groups (broad SMARTS) is 2. The summed E-state index contributed by atoms with van der Waals surface area (Å²) in [5.41, 5.74) is 2.87. The Morgan fingerprint density at radius 2 is 1.91 bits per heavy atom. The molecule has 0 saturated carbocycles. The smallest absolute Gasteiger partial charge is 0.414 e. The minimum atomic E-state index is -1.82. The molecule has 1 saturated heterocycles. The highest BCUT2D eigenvalue weighted by Crippen LogP contribution is 2.19. The fourth-order valence-corrected chi connectivity index (χ4v) is 2.70. The molecule has 1 fully saturated rings. The van der Waals surface area contributed by atoms with Gasteiger partial charge in [0.05, 0.1) is 6.61 Å². The van der Waals surface area contributed by atoms with E-state index in [0.717, 1.165) is 19.1 Å². The standard InChI is InChI=1S/C15H23NO.C2H2O4/c1-13-6-3-4-8-15(13)11-16-9-5-7-14(10-16)12-17-2;3-1(4)2(5)6/h3-4,6,8,14H,5,7,9-12H2,1-2H3;(H,3,4)(H,5,6). The van der Waals surface area contributed by atoms with Crippen LogP contribution in [0.1, 0.15) is 24.0 Å². The number of methoxy groups -OCH3 is 1. The summed E-state index contributed by atoms with van der Waals surface area (Å²) in [6, 6.07) is 8.70. The third-order valence-electron chi connectivity index (χ3n) is 3.84. The topological polar surface area (TPSA) is 87.1 Å². The Labute approximate surface area is 136 Å². The Morgan fingerprint density at radius 3 is 2.48 bits per heavy atom. The third-order valence-corrected chi connectivity index (χ3v) is 3.84. The van der Waals surface area contributed by atoms with Crippen LogP contribution in [0.15, 0.2) is 24.3 Å². The van der Waals surface area contributed by atoms with Crippen LogP contribution in [-0.2, 0) is 20.9 Å². The molecule has 0 spiro atoms. The van der Waals surface area contributed by atoms with Crippen LogP contribution in [-0.4, -0.2) is 53.9 Å². The fourth-order valence-electron chi connectivity index (χ4n) is 2.70. The molecule has 1 aliphatic rings. The van der Waals surface area contributed by atoms with Gasteiger partial charge in [0.2, 0.25) is 0 Å². The molecule has 0 bridgehead atoms. The lowest BCUT2D eigenvalue weighted by molar-refractivity contribution is -0.159. The van der Waals surface area contributed by atoms with Crippen molar-refractivity contribution in [3.8, 4) is 0 Å². The Kier molecular flexibility index (Phi) is 8.29. The van der Waals surface area contributed by atoms with Crippen molar-refractivity contribution in [3.05, 3.63) is 35.4 Å². The molecule has 0 aromatic heterocycles. The Morgan fingerprint density at radius 1 is 1.26 bits per heavy atom. The average molecular weight is 323 g/mol. The van der Waals surface area contributed by atoms with Crippen molar-refractivity contribution in [2.45, 2.75) is 26.3 Å². The molecule has 1 atom stereocenters. The summed E-state index contributed by atoms with van der Waals surface area (Å²) in [6.07, 6.45) is 2.62. The van der Waals surface area contributed by atoms with Crippen LogP contribution < -0.4 is 0 Å². The molecule has 6 heteroatoms. The molecule has 2 N–H and O–H groups in total. The van der Waals surface area contributed by atoms with E-state index in [2.05, 4.69) is 36.1 Å². The molecule has 23 heavy (non-hydrogen) atoms. The van der Waals surface area contributed by atoms with E-state index in [1.54, 1.807) is 7.11 Å². The van der Waals surface area contributed by atoms with E-state index in [1.807, 2.05) is 0 Å². The molecule has 1 aromatic rings. The molecule has 1 unspecified atom stereocenters. The molecule has 2 rings (SSSR count). The fraction of sp³-hybridized carbons (Fsp3) is 0.529. The van der Waals surface area contributed by atoms with Gasteiger partial charge in [-0.2, -0.15) is 0 Å². The molecule has 0 aliphatic carbocycles. The highest BCUT2D eigenvalue weighted by molar-refractivity contribution is 6.27. The number of hydrogen-bond donors (Lipinski definition) is 2. The van der Waals surface area contributed by atoms with Crippen LogP contribution in [0.5, 0.6) is 0 Å². The van der Waals surface area contributed by atoms with Crippen LogP contribution >= 0.6 is 0 Å². The number of hydrogen-bond acceptors (Lipinski definition) is 4. The average Bonchev–Trinajstić information content (AvgIpc) is 2.51. The maximum absolute atomic E-state index is 9.10. The summed E-state index contributed by atoms with van der Waals surface area (Å²) in [6.45, 7) is 6.61. The third kappa shape index (κ3) is 7.25. The van der Waals surface area contributed by atoms with Crippen LogP contribution in [0.4, 0.5) is 0 Å². The number of benzene rings is 1. The zero-order valence-electron chi connectivity index (χ0n) is 13.7. The molecule has 128 valence electrons. The number of ether oxygens (including phenoxy) is 1. The zero-order chi connectivity index (χ0) is 17.2. The van der Waals surface area contributed by atoms with Gasteiger partial charge in [0, 0.05) is 20.2 Å². The number of aryl methyl sites for hydroxylation is 1. The van der Waals surface area contributed by atoms with E-state index in [0.29, 0.717) is 0 Å². The maximum atomic E-state index is 9.10. The van der Waals surface area contributed by atoms with Gasteiger partial charge in [0.15, 0.2) is 0 Å². The first kappa shape index (κ1) is 19.1. The number of aliphatic carboxylic acids is 2. The number of carbonyl (C=O) groups is 2. The predicted molar refractivity (Wildman–Crippen MR) is 86.3 cm³/mol. The second kappa shape index (κ2) is 9.97. The maximum Gasteiger partial charge on any atom is 0.414 e. The minimum Gasteiger partial charge on any atom is -0.473 e. The monoisotopic (exact) mass is 323 g/mol.